The zero-order valence-corrected chi connectivity index (χ0v) is 19.8. The number of pyridine rings is 1. The Kier molecular flexibility index (Phi) is 4.21. The number of nitrogens with zero attached hydrogens (tertiary/aromatic N) is 1. The van der Waals surface area contributed by atoms with E-state index in [1.54, 1.807) is 0 Å². The molecule has 0 amide bonds. The molecule has 0 saturated carbocycles. The molecule has 5 rings (SSSR count). The van der Waals surface area contributed by atoms with Crippen molar-refractivity contribution >= 4 is 10.8 Å². The van der Waals surface area contributed by atoms with Gasteiger partial charge >= 0.3 is 0 Å². The summed E-state index contributed by atoms with van der Waals surface area (Å²) in [5.41, 5.74) is 11.0. The van der Waals surface area contributed by atoms with Crippen molar-refractivity contribution in [2.75, 3.05) is 0 Å². The highest BCUT2D eigenvalue weighted by Gasteiger charge is 2.46. The van der Waals surface area contributed by atoms with E-state index in [0.29, 0.717) is 0 Å². The van der Waals surface area contributed by atoms with E-state index in [-0.39, 0.29) is 10.8 Å². The highest BCUT2D eigenvalue weighted by Crippen LogP contribution is 2.56. The van der Waals surface area contributed by atoms with Crippen molar-refractivity contribution in [3.8, 4) is 22.4 Å². The second-order valence-electron chi connectivity index (χ2n) is 10.4. The third-order valence-corrected chi connectivity index (χ3v) is 8.11. The van der Waals surface area contributed by atoms with Crippen LogP contribution in [0, 0.1) is 13.8 Å². The minimum absolute atomic E-state index is 0.0237. The maximum atomic E-state index is 2.44. The number of aryl methyl sites for hydroxylation is 2. The van der Waals surface area contributed by atoms with Crippen LogP contribution in [0.3, 0.4) is 0 Å². The molecule has 1 aliphatic carbocycles. The summed E-state index contributed by atoms with van der Waals surface area (Å²) in [7, 11) is 2.14. The predicted molar refractivity (Wildman–Crippen MR) is 132 cm³/mol. The van der Waals surface area contributed by atoms with Gasteiger partial charge in [0.1, 0.15) is 7.05 Å². The smallest absolute Gasteiger partial charge is 0.201 e. The minimum Gasteiger partial charge on any atom is -0.201 e. The number of hydrogen-bond donors (Lipinski definition) is 0. The van der Waals surface area contributed by atoms with Crippen LogP contribution in [0.1, 0.15) is 49.9 Å². The van der Waals surface area contributed by atoms with Gasteiger partial charge < -0.3 is 0 Å². The van der Waals surface area contributed by atoms with Crippen molar-refractivity contribution < 1.29 is 4.57 Å². The minimum atomic E-state index is 0.0237. The van der Waals surface area contributed by atoms with Crippen LogP contribution in [-0.4, -0.2) is 0 Å². The van der Waals surface area contributed by atoms with Gasteiger partial charge in [-0.3, -0.25) is 0 Å². The monoisotopic (exact) mass is 406 g/mol. The third-order valence-electron chi connectivity index (χ3n) is 8.11. The zero-order valence-electron chi connectivity index (χ0n) is 19.8. The van der Waals surface area contributed by atoms with Gasteiger partial charge in [-0.25, -0.2) is 4.57 Å². The number of benzene rings is 3. The van der Waals surface area contributed by atoms with Gasteiger partial charge in [0.05, 0.1) is 0 Å². The Morgan fingerprint density at radius 2 is 1.32 bits per heavy atom. The second kappa shape index (κ2) is 6.53. The van der Waals surface area contributed by atoms with Crippen LogP contribution < -0.4 is 4.57 Å². The van der Waals surface area contributed by atoms with E-state index >= 15 is 0 Å². The molecular formula is C30H32N+. The van der Waals surface area contributed by atoms with E-state index in [0.717, 1.165) is 0 Å². The summed E-state index contributed by atoms with van der Waals surface area (Å²) in [4.78, 5) is 0. The SMILES string of the molecule is Cc1cc[n+](C)c(-c2ccc3c(c2C)-c2cc4ccccc4cc2C(C)(C)C3(C)C)c1. The van der Waals surface area contributed by atoms with E-state index in [2.05, 4.69) is 120 Å². The fourth-order valence-electron chi connectivity index (χ4n) is 5.44. The van der Waals surface area contributed by atoms with Gasteiger partial charge in [-0.2, -0.15) is 0 Å². The summed E-state index contributed by atoms with van der Waals surface area (Å²) in [5.74, 6) is 0. The molecule has 1 aliphatic rings. The molecule has 1 heteroatoms. The summed E-state index contributed by atoms with van der Waals surface area (Å²) >= 11 is 0. The molecule has 0 radical (unpaired) electrons. The molecule has 0 bridgehead atoms. The van der Waals surface area contributed by atoms with E-state index in [4.69, 9.17) is 0 Å². The molecule has 0 spiro atoms. The van der Waals surface area contributed by atoms with Gasteiger partial charge in [0.2, 0.25) is 5.69 Å². The maximum Gasteiger partial charge on any atom is 0.212 e. The molecule has 31 heavy (non-hydrogen) atoms. The zero-order chi connectivity index (χ0) is 22.1. The molecule has 3 aromatic carbocycles. The Bertz CT molecular complexity index is 1350. The Morgan fingerprint density at radius 1 is 0.677 bits per heavy atom. The molecule has 0 saturated heterocycles. The molecule has 1 nitrogen and oxygen atoms in total. The van der Waals surface area contributed by atoms with Crippen LogP contribution in [0.25, 0.3) is 33.2 Å². The van der Waals surface area contributed by atoms with Crippen LogP contribution >= 0.6 is 0 Å². The van der Waals surface area contributed by atoms with Crippen LogP contribution in [0.2, 0.25) is 0 Å². The predicted octanol–water partition coefficient (Wildman–Crippen LogP) is 7.18. The standard InChI is InChI=1S/C30H32N/c1-19-14-15-31(7)27(16-19)23-12-13-25-28(20(23)2)24-17-21-10-8-9-11-22(21)18-26(24)30(5,6)29(25,3)4/h8-18H,1-7H3/q+1. The average Bonchev–Trinajstić information content (AvgIpc) is 2.73. The fourth-order valence-corrected chi connectivity index (χ4v) is 5.44. The Hall–Kier alpha value is -2.93. The van der Waals surface area contributed by atoms with Crippen LogP contribution in [0.4, 0.5) is 0 Å². The first kappa shape index (κ1) is 20.0. The Morgan fingerprint density at radius 3 is 2.03 bits per heavy atom. The van der Waals surface area contributed by atoms with Crippen molar-refractivity contribution in [3.05, 3.63) is 89.1 Å². The molecule has 1 heterocycles. The quantitative estimate of drug-likeness (QED) is 0.295. The lowest BCUT2D eigenvalue weighted by Crippen LogP contribution is -2.43. The summed E-state index contributed by atoms with van der Waals surface area (Å²) in [5, 5.41) is 2.64. The van der Waals surface area contributed by atoms with Crippen molar-refractivity contribution in [3.63, 3.8) is 0 Å². The molecule has 0 unspecified atom stereocenters. The average molecular weight is 407 g/mol. The largest absolute Gasteiger partial charge is 0.212 e. The van der Waals surface area contributed by atoms with Crippen molar-refractivity contribution in [2.45, 2.75) is 52.4 Å². The summed E-state index contributed by atoms with van der Waals surface area (Å²) in [6.07, 6.45) is 2.16. The highest BCUT2D eigenvalue weighted by molar-refractivity contribution is 5.94. The van der Waals surface area contributed by atoms with Crippen molar-refractivity contribution in [1.29, 1.82) is 0 Å². The van der Waals surface area contributed by atoms with Crippen LogP contribution in [-0.2, 0) is 17.9 Å². The summed E-state index contributed by atoms with van der Waals surface area (Å²) in [6, 6.07) is 22.8. The normalized spacial score (nSPS) is 16.1. The first-order valence-corrected chi connectivity index (χ1v) is 11.3. The van der Waals surface area contributed by atoms with E-state index < -0.39 is 0 Å². The van der Waals surface area contributed by atoms with Crippen LogP contribution in [0.5, 0.6) is 0 Å². The van der Waals surface area contributed by atoms with Gasteiger partial charge in [0, 0.05) is 17.7 Å². The first-order valence-electron chi connectivity index (χ1n) is 11.3. The van der Waals surface area contributed by atoms with Gasteiger partial charge in [0.15, 0.2) is 6.20 Å². The lowest BCUT2D eigenvalue weighted by atomic mass is 9.54. The topological polar surface area (TPSA) is 3.88 Å². The number of hydrogen-bond acceptors (Lipinski definition) is 0. The Labute approximate surface area is 186 Å². The van der Waals surface area contributed by atoms with Gasteiger partial charge in [-0.05, 0) is 87.0 Å². The number of aromatic nitrogens is 1. The molecular weight excluding hydrogens is 374 g/mol. The second-order valence-corrected chi connectivity index (χ2v) is 10.4. The van der Waals surface area contributed by atoms with Gasteiger partial charge in [0.25, 0.3) is 0 Å². The third kappa shape index (κ3) is 2.72. The maximum absolute atomic E-state index is 2.44. The van der Waals surface area contributed by atoms with Crippen molar-refractivity contribution in [2.24, 2.45) is 7.05 Å². The molecule has 1 aromatic heterocycles. The van der Waals surface area contributed by atoms with E-state index in [1.807, 2.05) is 0 Å². The van der Waals surface area contributed by atoms with Gasteiger partial charge in [-0.1, -0.05) is 58.0 Å². The molecule has 0 fully saturated rings. The van der Waals surface area contributed by atoms with E-state index in [1.165, 1.54) is 55.4 Å². The van der Waals surface area contributed by atoms with Crippen LogP contribution in [0.15, 0.2) is 66.9 Å². The van der Waals surface area contributed by atoms with Gasteiger partial charge in [-0.15, -0.1) is 0 Å². The molecule has 0 aliphatic heterocycles. The summed E-state index contributed by atoms with van der Waals surface area (Å²) < 4.78 is 2.24. The number of rotatable bonds is 1. The lowest BCUT2D eigenvalue weighted by Gasteiger charge is -2.49. The first-order chi connectivity index (χ1) is 14.6. The summed E-state index contributed by atoms with van der Waals surface area (Å²) in [6.45, 7) is 14.1. The molecule has 0 N–H and O–H groups in total. The lowest BCUT2D eigenvalue weighted by molar-refractivity contribution is -0.660. The highest BCUT2D eigenvalue weighted by atomic mass is 14.9. The number of fused-ring (bicyclic) bond motifs is 4. The molecule has 0 atom stereocenters. The Balaban J connectivity index is 1.90. The van der Waals surface area contributed by atoms with Crippen molar-refractivity contribution in [1.82, 2.24) is 0 Å². The van der Waals surface area contributed by atoms with E-state index in [9.17, 15) is 0 Å². The molecule has 4 aromatic rings. The molecule has 156 valence electrons. The fraction of sp³-hybridized carbons (Fsp3) is 0.300.